The third-order valence-corrected chi connectivity index (χ3v) is 8.98. The van der Waals surface area contributed by atoms with Crippen molar-refractivity contribution in [1.29, 1.82) is 0 Å². The van der Waals surface area contributed by atoms with E-state index in [-0.39, 0.29) is 5.04 Å². The maximum atomic E-state index is 12.4. The molecular weight excluding hydrogens is 347 g/mol. The fourth-order valence-corrected chi connectivity index (χ4v) is 3.37. The molecule has 0 bridgehead atoms. The van der Waals surface area contributed by atoms with Crippen LogP contribution in [0, 0.1) is 0 Å². The number of halogens is 3. The number of aliphatic hydroxyl groups is 2. The van der Waals surface area contributed by atoms with Crippen LogP contribution in [0.5, 0.6) is 0 Å². The van der Waals surface area contributed by atoms with Crippen molar-refractivity contribution in [2.45, 2.75) is 82.6 Å². The summed E-state index contributed by atoms with van der Waals surface area (Å²) in [6, 6.07) is -1.35. The molecule has 10 heteroatoms. The van der Waals surface area contributed by atoms with E-state index < -0.39 is 51.0 Å². The molecule has 4 atom stereocenters. The molecule has 0 radical (unpaired) electrons. The molecule has 24 heavy (non-hydrogen) atoms. The van der Waals surface area contributed by atoms with Crippen LogP contribution in [0.4, 0.5) is 13.2 Å². The van der Waals surface area contributed by atoms with E-state index in [9.17, 15) is 28.2 Å². The van der Waals surface area contributed by atoms with Crippen LogP contribution in [0.2, 0.25) is 18.1 Å². The van der Waals surface area contributed by atoms with E-state index in [1.54, 1.807) is 5.32 Å². The van der Waals surface area contributed by atoms with Crippen molar-refractivity contribution in [1.82, 2.24) is 5.32 Å². The van der Waals surface area contributed by atoms with Gasteiger partial charge in [-0.25, -0.2) is 0 Å². The summed E-state index contributed by atoms with van der Waals surface area (Å²) in [7, 11) is -2.51. The quantitative estimate of drug-likeness (QED) is 0.519. The molecule has 1 heterocycles. The largest absolute Gasteiger partial charge is 0.471 e. The van der Waals surface area contributed by atoms with Crippen LogP contribution in [0.15, 0.2) is 0 Å². The van der Waals surface area contributed by atoms with Crippen molar-refractivity contribution in [3.63, 3.8) is 0 Å². The van der Waals surface area contributed by atoms with Crippen molar-refractivity contribution in [3.05, 3.63) is 0 Å². The van der Waals surface area contributed by atoms with Gasteiger partial charge in [-0.1, -0.05) is 20.8 Å². The summed E-state index contributed by atoms with van der Waals surface area (Å²) in [6.45, 7) is 10.8. The van der Waals surface area contributed by atoms with E-state index in [4.69, 9.17) is 9.16 Å². The first kappa shape index (κ1) is 21.4. The van der Waals surface area contributed by atoms with Crippen molar-refractivity contribution in [3.8, 4) is 0 Å². The minimum absolute atomic E-state index is 0.282. The molecule has 6 nitrogen and oxygen atoms in total. The topological polar surface area (TPSA) is 88.0 Å². The smallest absolute Gasteiger partial charge is 0.388 e. The van der Waals surface area contributed by atoms with Gasteiger partial charge in [0.1, 0.15) is 6.10 Å². The van der Waals surface area contributed by atoms with Crippen LogP contribution in [0.3, 0.4) is 0 Å². The van der Waals surface area contributed by atoms with Crippen LogP contribution < -0.4 is 5.32 Å². The highest BCUT2D eigenvalue weighted by Crippen LogP contribution is 2.41. The van der Waals surface area contributed by atoms with E-state index in [2.05, 4.69) is 0 Å². The summed E-state index contributed by atoms with van der Waals surface area (Å²) < 4.78 is 48.4. The van der Waals surface area contributed by atoms with Gasteiger partial charge < -0.3 is 24.7 Å². The van der Waals surface area contributed by atoms with E-state index in [1.165, 1.54) is 6.92 Å². The molecule has 0 spiro atoms. The van der Waals surface area contributed by atoms with Crippen LogP contribution in [-0.4, -0.2) is 54.8 Å². The zero-order valence-electron chi connectivity index (χ0n) is 14.7. The molecule has 0 unspecified atom stereocenters. The highest BCUT2D eigenvalue weighted by Gasteiger charge is 2.52. The number of alkyl halides is 3. The average molecular weight is 373 g/mol. The van der Waals surface area contributed by atoms with E-state index in [0.717, 1.165) is 0 Å². The fourth-order valence-electron chi connectivity index (χ4n) is 2.14. The Labute approximate surface area is 140 Å². The Morgan fingerprint density at radius 2 is 1.83 bits per heavy atom. The van der Waals surface area contributed by atoms with Gasteiger partial charge in [-0.05, 0) is 25.1 Å². The molecular formula is C14H26F3NO5Si. The SMILES string of the molecule is C[C@H]1O[C@@](O)(O[Si](C)(C)C(C)(C)C)C[C@H](NC(=O)C(F)(F)F)[C@H]1O. The highest BCUT2D eigenvalue weighted by atomic mass is 28.4. The summed E-state index contributed by atoms with van der Waals surface area (Å²) in [5.74, 6) is -4.36. The summed E-state index contributed by atoms with van der Waals surface area (Å²) in [6.07, 6.45) is -8.02. The first-order chi connectivity index (χ1) is 10.5. The molecule has 0 aromatic carbocycles. The number of aliphatic hydroxyl groups excluding tert-OH is 1. The van der Waals surface area contributed by atoms with Crippen LogP contribution in [0.25, 0.3) is 0 Å². The molecule has 3 N–H and O–H groups in total. The van der Waals surface area contributed by atoms with Gasteiger partial charge in [0, 0.05) is 0 Å². The molecule has 142 valence electrons. The number of amides is 1. The van der Waals surface area contributed by atoms with Crippen LogP contribution >= 0.6 is 0 Å². The van der Waals surface area contributed by atoms with E-state index >= 15 is 0 Å². The Morgan fingerprint density at radius 1 is 1.33 bits per heavy atom. The standard InChI is InChI=1S/C14H26F3NO5Si/c1-8-10(19)9(18-11(20)14(15,16)17)7-13(21,22-8)23-24(5,6)12(2,3)4/h8-10,19,21H,7H2,1-6H3,(H,18,20)/t8-,9+,10+,13-/m1/s1. The number of rotatable bonds is 3. The minimum Gasteiger partial charge on any atom is -0.388 e. The first-order valence-corrected chi connectivity index (χ1v) is 10.6. The van der Waals surface area contributed by atoms with Crippen molar-refractivity contribution in [2.75, 3.05) is 0 Å². The lowest BCUT2D eigenvalue weighted by Gasteiger charge is -2.48. The Morgan fingerprint density at radius 3 is 2.25 bits per heavy atom. The molecule has 1 aliphatic rings. The average Bonchev–Trinajstić information content (AvgIpc) is 2.31. The Bertz CT molecular complexity index is 480. The number of nitrogens with one attached hydrogen (secondary N) is 1. The maximum Gasteiger partial charge on any atom is 0.471 e. The van der Waals surface area contributed by atoms with Gasteiger partial charge in [0.05, 0.1) is 18.6 Å². The van der Waals surface area contributed by atoms with Crippen LogP contribution in [-0.2, 0) is 14.0 Å². The third-order valence-electron chi connectivity index (χ3n) is 4.54. The minimum atomic E-state index is -5.08. The lowest BCUT2D eigenvalue weighted by molar-refractivity contribution is -0.374. The van der Waals surface area contributed by atoms with Crippen molar-refractivity contribution in [2.24, 2.45) is 0 Å². The molecule has 1 fully saturated rings. The second-order valence-corrected chi connectivity index (χ2v) is 12.4. The zero-order valence-corrected chi connectivity index (χ0v) is 15.7. The predicted octanol–water partition coefficient (Wildman–Crippen LogP) is 1.87. The second-order valence-electron chi connectivity index (χ2n) is 7.67. The van der Waals surface area contributed by atoms with E-state index in [0.29, 0.717) is 0 Å². The van der Waals surface area contributed by atoms with Gasteiger partial charge in [0.2, 0.25) is 0 Å². The van der Waals surface area contributed by atoms with E-state index in [1.807, 2.05) is 33.9 Å². The van der Waals surface area contributed by atoms with Gasteiger partial charge in [-0.15, -0.1) is 0 Å². The van der Waals surface area contributed by atoms with Gasteiger partial charge in [0.15, 0.2) is 8.32 Å². The Kier molecular flexibility index (Phi) is 5.84. The lowest BCUT2D eigenvalue weighted by Crippen LogP contribution is -2.64. The molecule has 1 amide bonds. The fraction of sp³-hybridized carbons (Fsp3) is 0.929. The summed E-state index contributed by atoms with van der Waals surface area (Å²) in [4.78, 5) is 11.1. The normalized spacial score (nSPS) is 32.5. The second kappa shape index (κ2) is 6.56. The third kappa shape index (κ3) is 4.91. The van der Waals surface area contributed by atoms with Crippen LogP contribution in [0.1, 0.15) is 34.1 Å². The molecule has 0 aliphatic carbocycles. The molecule has 0 aromatic rings. The first-order valence-electron chi connectivity index (χ1n) is 7.65. The summed E-state index contributed by atoms with van der Waals surface area (Å²) in [5.41, 5.74) is 0. The maximum absolute atomic E-state index is 12.4. The predicted molar refractivity (Wildman–Crippen MR) is 82.4 cm³/mol. The van der Waals surface area contributed by atoms with Gasteiger partial charge in [-0.2, -0.15) is 13.2 Å². The summed E-state index contributed by atoms with van der Waals surface area (Å²) >= 11 is 0. The molecule has 1 saturated heterocycles. The number of ether oxygens (including phenoxy) is 1. The number of carbonyl (C=O) groups excluding carboxylic acids is 1. The molecule has 1 aliphatic heterocycles. The monoisotopic (exact) mass is 373 g/mol. The van der Waals surface area contributed by atoms with Gasteiger partial charge in [-0.3, -0.25) is 4.79 Å². The molecule has 0 saturated carbocycles. The number of carbonyl (C=O) groups is 1. The molecule has 1 rings (SSSR count). The Hall–Kier alpha value is -0.683. The van der Waals surface area contributed by atoms with Gasteiger partial charge >= 0.3 is 12.1 Å². The lowest BCUT2D eigenvalue weighted by atomic mass is 9.98. The van der Waals surface area contributed by atoms with Crippen molar-refractivity contribution >= 4 is 14.2 Å². The van der Waals surface area contributed by atoms with Gasteiger partial charge in [0.25, 0.3) is 5.97 Å². The van der Waals surface area contributed by atoms with Crippen molar-refractivity contribution < 1.29 is 37.3 Å². The zero-order chi connectivity index (χ0) is 19.1. The molecule has 0 aromatic heterocycles. The Balaban J connectivity index is 2.97. The number of hydrogen-bond donors (Lipinski definition) is 3. The summed E-state index contributed by atoms with van der Waals surface area (Å²) in [5, 5.41) is 22.0. The number of hydrogen-bond acceptors (Lipinski definition) is 5. The highest BCUT2D eigenvalue weighted by molar-refractivity contribution is 6.74.